The van der Waals surface area contributed by atoms with Crippen LogP contribution in [0.5, 0.6) is 0 Å². The van der Waals surface area contributed by atoms with Crippen molar-refractivity contribution in [2.75, 3.05) is 6.61 Å². The Kier molecular flexibility index (Phi) is 3.84. The third-order valence-electron chi connectivity index (χ3n) is 1.75. The normalized spacial score (nSPS) is 13.2. The summed E-state index contributed by atoms with van der Waals surface area (Å²) in [6, 6.07) is 1.84. The highest BCUT2D eigenvalue weighted by molar-refractivity contribution is 5.06. The molecule has 1 heterocycles. The molecule has 0 saturated carbocycles. The van der Waals surface area contributed by atoms with Gasteiger partial charge in [-0.15, -0.1) is 0 Å². The lowest BCUT2D eigenvalue weighted by atomic mass is 10.1. The summed E-state index contributed by atoms with van der Waals surface area (Å²) in [6.07, 6.45) is 4.75. The van der Waals surface area contributed by atoms with Gasteiger partial charge >= 0.3 is 0 Å². The lowest BCUT2D eigenvalue weighted by Crippen LogP contribution is -2.10. The molecule has 1 unspecified atom stereocenters. The average molecular weight is 170 g/mol. The van der Waals surface area contributed by atoms with Crippen LogP contribution in [0.1, 0.15) is 18.4 Å². The summed E-state index contributed by atoms with van der Waals surface area (Å²) in [5.41, 5.74) is 1.00. The third kappa shape index (κ3) is 3.07. The molecule has 1 aromatic heterocycles. The zero-order chi connectivity index (χ0) is 8.81. The summed E-state index contributed by atoms with van der Waals surface area (Å²) < 4.78 is 4.86. The summed E-state index contributed by atoms with van der Waals surface area (Å²) in [5, 5.41) is 17.9. The molecule has 0 radical (unpaired) electrons. The first kappa shape index (κ1) is 9.29. The zero-order valence-electron chi connectivity index (χ0n) is 6.94. The molecule has 2 N–H and O–H groups in total. The Bertz CT molecular complexity index is 194. The molecular weight excluding hydrogens is 156 g/mol. The first-order valence-corrected chi connectivity index (χ1v) is 4.13. The van der Waals surface area contributed by atoms with Crippen LogP contribution in [0.4, 0.5) is 0 Å². The van der Waals surface area contributed by atoms with Crippen molar-refractivity contribution in [3.05, 3.63) is 24.2 Å². The van der Waals surface area contributed by atoms with Crippen LogP contribution in [0.3, 0.4) is 0 Å². The smallest absolute Gasteiger partial charge is 0.0935 e. The number of aliphatic hydroxyl groups excluding tert-OH is 2. The Morgan fingerprint density at radius 2 is 2.33 bits per heavy atom. The minimum Gasteiger partial charge on any atom is -0.472 e. The van der Waals surface area contributed by atoms with Crippen LogP contribution < -0.4 is 0 Å². The minimum absolute atomic E-state index is 0.141. The highest BCUT2D eigenvalue weighted by atomic mass is 16.3. The Hall–Kier alpha value is -0.800. The van der Waals surface area contributed by atoms with Crippen LogP contribution in [-0.2, 0) is 6.42 Å². The van der Waals surface area contributed by atoms with E-state index in [1.165, 1.54) is 0 Å². The van der Waals surface area contributed by atoms with E-state index >= 15 is 0 Å². The van der Waals surface area contributed by atoms with Gasteiger partial charge in [-0.1, -0.05) is 0 Å². The van der Waals surface area contributed by atoms with Gasteiger partial charge in [0.05, 0.1) is 18.6 Å². The molecule has 1 aromatic rings. The Balaban J connectivity index is 2.22. The van der Waals surface area contributed by atoms with Gasteiger partial charge < -0.3 is 14.6 Å². The molecule has 0 aromatic carbocycles. The first-order chi connectivity index (χ1) is 5.83. The molecule has 3 nitrogen and oxygen atoms in total. The van der Waals surface area contributed by atoms with Crippen LogP contribution in [0, 0.1) is 0 Å². The molecule has 0 aliphatic rings. The van der Waals surface area contributed by atoms with E-state index in [0.717, 1.165) is 5.56 Å². The molecule has 1 rings (SSSR count). The molecule has 0 saturated heterocycles. The van der Waals surface area contributed by atoms with Crippen molar-refractivity contribution < 1.29 is 14.6 Å². The van der Waals surface area contributed by atoms with Gasteiger partial charge in [0.15, 0.2) is 0 Å². The third-order valence-corrected chi connectivity index (χ3v) is 1.75. The fraction of sp³-hybridized carbons (Fsp3) is 0.556. The van der Waals surface area contributed by atoms with Crippen LogP contribution in [0.2, 0.25) is 0 Å². The Morgan fingerprint density at radius 3 is 2.92 bits per heavy atom. The average Bonchev–Trinajstić information content (AvgIpc) is 2.53. The van der Waals surface area contributed by atoms with Crippen molar-refractivity contribution in [2.45, 2.75) is 25.4 Å². The maximum Gasteiger partial charge on any atom is 0.0935 e. The monoisotopic (exact) mass is 170 g/mol. The number of aliphatic hydroxyl groups is 2. The molecule has 1 atom stereocenters. The van der Waals surface area contributed by atoms with Crippen LogP contribution in [0.15, 0.2) is 23.0 Å². The minimum atomic E-state index is -0.366. The van der Waals surface area contributed by atoms with Crippen molar-refractivity contribution in [3.8, 4) is 0 Å². The fourth-order valence-electron chi connectivity index (χ4n) is 1.11. The van der Waals surface area contributed by atoms with Gasteiger partial charge in [0, 0.05) is 13.0 Å². The van der Waals surface area contributed by atoms with E-state index in [9.17, 15) is 5.11 Å². The van der Waals surface area contributed by atoms with E-state index in [-0.39, 0.29) is 12.7 Å². The fourth-order valence-corrected chi connectivity index (χ4v) is 1.11. The number of hydrogen-bond donors (Lipinski definition) is 2. The molecule has 3 heteroatoms. The second kappa shape index (κ2) is 4.95. The Morgan fingerprint density at radius 1 is 1.50 bits per heavy atom. The summed E-state index contributed by atoms with van der Waals surface area (Å²) in [4.78, 5) is 0. The van der Waals surface area contributed by atoms with E-state index < -0.39 is 0 Å². The maximum atomic E-state index is 9.40. The molecule has 0 spiro atoms. The topological polar surface area (TPSA) is 53.6 Å². The largest absolute Gasteiger partial charge is 0.472 e. The SMILES string of the molecule is OCCCC(O)Cc1ccoc1. The molecule has 0 bridgehead atoms. The molecule has 0 amide bonds. The number of hydrogen-bond acceptors (Lipinski definition) is 3. The van der Waals surface area contributed by atoms with Crippen molar-refractivity contribution >= 4 is 0 Å². The highest BCUT2D eigenvalue weighted by Gasteiger charge is 2.05. The van der Waals surface area contributed by atoms with Gasteiger partial charge in [0.2, 0.25) is 0 Å². The second-order valence-electron chi connectivity index (χ2n) is 2.86. The van der Waals surface area contributed by atoms with Gasteiger partial charge in [-0.2, -0.15) is 0 Å². The van der Waals surface area contributed by atoms with E-state index in [1.807, 2.05) is 6.07 Å². The predicted molar refractivity (Wildman–Crippen MR) is 44.7 cm³/mol. The van der Waals surface area contributed by atoms with Crippen molar-refractivity contribution in [2.24, 2.45) is 0 Å². The van der Waals surface area contributed by atoms with E-state index in [2.05, 4.69) is 0 Å². The number of furan rings is 1. The molecular formula is C9H14O3. The van der Waals surface area contributed by atoms with Gasteiger partial charge in [-0.05, 0) is 24.5 Å². The molecule has 0 fully saturated rings. The summed E-state index contributed by atoms with van der Waals surface area (Å²) in [6.45, 7) is 0.141. The lowest BCUT2D eigenvalue weighted by Gasteiger charge is -2.06. The van der Waals surface area contributed by atoms with Crippen LogP contribution in [0.25, 0.3) is 0 Å². The quantitative estimate of drug-likeness (QED) is 0.692. The van der Waals surface area contributed by atoms with Crippen LogP contribution in [-0.4, -0.2) is 22.9 Å². The van der Waals surface area contributed by atoms with Gasteiger partial charge in [0.25, 0.3) is 0 Å². The maximum absolute atomic E-state index is 9.40. The standard InChI is InChI=1S/C9H14O3/c10-4-1-2-9(11)6-8-3-5-12-7-8/h3,5,7,9-11H,1-2,4,6H2. The first-order valence-electron chi connectivity index (χ1n) is 4.13. The summed E-state index contributed by atoms with van der Waals surface area (Å²) in [7, 11) is 0. The molecule has 0 aliphatic carbocycles. The van der Waals surface area contributed by atoms with Gasteiger partial charge in [-0.25, -0.2) is 0 Å². The van der Waals surface area contributed by atoms with E-state index in [1.54, 1.807) is 12.5 Å². The van der Waals surface area contributed by atoms with Crippen molar-refractivity contribution in [1.29, 1.82) is 0 Å². The van der Waals surface area contributed by atoms with E-state index in [0.29, 0.717) is 19.3 Å². The van der Waals surface area contributed by atoms with Crippen molar-refractivity contribution in [3.63, 3.8) is 0 Å². The highest BCUT2D eigenvalue weighted by Crippen LogP contribution is 2.07. The zero-order valence-corrected chi connectivity index (χ0v) is 6.94. The lowest BCUT2D eigenvalue weighted by molar-refractivity contribution is 0.150. The second-order valence-corrected chi connectivity index (χ2v) is 2.86. The van der Waals surface area contributed by atoms with Gasteiger partial charge in [0.1, 0.15) is 0 Å². The Labute approximate surface area is 71.6 Å². The number of rotatable bonds is 5. The molecule has 0 aliphatic heterocycles. The predicted octanol–water partition coefficient (Wildman–Crippen LogP) is 0.956. The molecule has 68 valence electrons. The van der Waals surface area contributed by atoms with Crippen LogP contribution >= 0.6 is 0 Å². The summed E-state index contributed by atoms with van der Waals surface area (Å²) in [5.74, 6) is 0. The van der Waals surface area contributed by atoms with Gasteiger partial charge in [-0.3, -0.25) is 0 Å². The van der Waals surface area contributed by atoms with Crippen molar-refractivity contribution in [1.82, 2.24) is 0 Å². The summed E-state index contributed by atoms with van der Waals surface area (Å²) >= 11 is 0. The van der Waals surface area contributed by atoms with E-state index in [4.69, 9.17) is 9.52 Å². The molecule has 12 heavy (non-hydrogen) atoms.